The number of fused-ring (bicyclic) bond motifs is 3. The Morgan fingerprint density at radius 1 is 0.971 bits per heavy atom. The normalized spacial score (nSPS) is 15.9. The number of hydrogen-bond donors (Lipinski definition) is 1. The molecule has 35 heavy (non-hydrogen) atoms. The number of aromatic nitrogens is 4. The summed E-state index contributed by atoms with van der Waals surface area (Å²) in [5.74, 6) is 0. The first-order chi connectivity index (χ1) is 16.5. The number of H-pyrrole nitrogens is 1. The molecule has 0 radical (unpaired) electrons. The molecule has 0 aliphatic carbocycles. The highest BCUT2D eigenvalue weighted by Gasteiger charge is 2.29. The van der Waals surface area contributed by atoms with E-state index >= 15 is 0 Å². The van der Waals surface area contributed by atoms with Gasteiger partial charge in [0.2, 0.25) is 14.9 Å². The smallest absolute Gasteiger partial charge is 0.259 e. The summed E-state index contributed by atoms with van der Waals surface area (Å²) in [5.41, 5.74) is 2.87. The van der Waals surface area contributed by atoms with Crippen LogP contribution in [-0.2, 0) is 9.84 Å². The second kappa shape index (κ2) is 8.17. The summed E-state index contributed by atoms with van der Waals surface area (Å²) in [6, 6.07) is 10.7. The third kappa shape index (κ3) is 4.00. The van der Waals surface area contributed by atoms with E-state index in [0.717, 1.165) is 37.4 Å². The van der Waals surface area contributed by atoms with Gasteiger partial charge in [0, 0.05) is 37.4 Å². The summed E-state index contributed by atoms with van der Waals surface area (Å²) in [6.07, 6.45) is 0. The van der Waals surface area contributed by atoms with Crippen molar-refractivity contribution in [2.75, 3.05) is 31.1 Å². The highest BCUT2D eigenvalue weighted by Crippen LogP contribution is 2.28. The number of piperazine rings is 1. The van der Waals surface area contributed by atoms with Gasteiger partial charge in [-0.25, -0.2) is 8.42 Å². The van der Waals surface area contributed by atoms with Crippen LogP contribution in [0.1, 0.15) is 31.9 Å². The van der Waals surface area contributed by atoms with Gasteiger partial charge in [0.15, 0.2) is 5.65 Å². The number of aryl methyl sites for hydroxylation is 2. The molecule has 9 nitrogen and oxygen atoms in total. The summed E-state index contributed by atoms with van der Waals surface area (Å²) < 4.78 is 28.3. The van der Waals surface area contributed by atoms with Crippen LogP contribution < -0.4 is 10.5 Å². The summed E-state index contributed by atoms with van der Waals surface area (Å²) in [7, 11) is -3.99. The van der Waals surface area contributed by atoms with Crippen molar-refractivity contribution in [2.45, 2.75) is 50.1 Å². The van der Waals surface area contributed by atoms with Crippen molar-refractivity contribution in [3.8, 4) is 0 Å². The largest absolute Gasteiger partial charge is 0.369 e. The zero-order chi connectivity index (χ0) is 25.1. The van der Waals surface area contributed by atoms with Crippen molar-refractivity contribution in [2.24, 2.45) is 0 Å². The standard InChI is InChI=1S/C25H30N6O3S/c1-16-6-9-21(17(2)14-16)35(33,34)24-22-26-23(32)19-8-7-18(15-20(19)31(22)28-27-24)29-10-12-30(13-11-29)25(3,4)5/h6-9,14-15H,10-13H2,1-5H3,(H,26,32). The van der Waals surface area contributed by atoms with Crippen LogP contribution in [0, 0.1) is 13.8 Å². The van der Waals surface area contributed by atoms with E-state index in [1.54, 1.807) is 25.1 Å². The van der Waals surface area contributed by atoms with E-state index in [2.05, 4.69) is 45.9 Å². The number of nitrogens with one attached hydrogen (secondary N) is 1. The molecule has 0 bridgehead atoms. The maximum absolute atomic E-state index is 13.5. The van der Waals surface area contributed by atoms with Gasteiger partial charge in [-0.2, -0.15) is 4.52 Å². The van der Waals surface area contributed by atoms with Crippen LogP contribution in [-0.4, -0.2) is 64.8 Å². The van der Waals surface area contributed by atoms with Gasteiger partial charge in [-0.3, -0.25) is 9.69 Å². The predicted molar refractivity (Wildman–Crippen MR) is 136 cm³/mol. The zero-order valence-corrected chi connectivity index (χ0v) is 21.5. The molecule has 0 unspecified atom stereocenters. The number of benzene rings is 2. The highest BCUT2D eigenvalue weighted by molar-refractivity contribution is 7.91. The minimum absolute atomic E-state index is 0.0668. The van der Waals surface area contributed by atoms with Crippen molar-refractivity contribution < 1.29 is 8.42 Å². The average molecular weight is 495 g/mol. The molecule has 2 aromatic carbocycles. The van der Waals surface area contributed by atoms with Gasteiger partial charge in [-0.05, 0) is 64.4 Å². The van der Waals surface area contributed by atoms with Crippen LogP contribution in [0.25, 0.3) is 16.6 Å². The molecule has 5 rings (SSSR count). The lowest BCUT2D eigenvalue weighted by molar-refractivity contribution is 0.128. The van der Waals surface area contributed by atoms with E-state index in [0.29, 0.717) is 16.5 Å². The SMILES string of the molecule is Cc1ccc(S(=O)(=O)c2nnn3c2[nH]c(=O)c2ccc(N4CCN(C(C)(C)C)CC4)cc23)c(C)c1. The highest BCUT2D eigenvalue weighted by atomic mass is 32.2. The fourth-order valence-electron chi connectivity index (χ4n) is 4.82. The lowest BCUT2D eigenvalue weighted by atomic mass is 10.0. The lowest BCUT2D eigenvalue weighted by Gasteiger charge is -2.43. The molecule has 0 saturated carbocycles. The fraction of sp³-hybridized carbons (Fsp3) is 0.400. The fourth-order valence-corrected chi connectivity index (χ4v) is 6.30. The third-order valence-corrected chi connectivity index (χ3v) is 8.61. The Labute approximate surface area is 204 Å². The van der Waals surface area contributed by atoms with Crippen LogP contribution in [0.4, 0.5) is 5.69 Å². The maximum Gasteiger partial charge on any atom is 0.259 e. The third-order valence-electron chi connectivity index (χ3n) is 6.79. The molecule has 1 aliphatic heterocycles. The van der Waals surface area contributed by atoms with Gasteiger partial charge in [-0.15, -0.1) is 5.10 Å². The van der Waals surface area contributed by atoms with Crippen LogP contribution in [0.15, 0.2) is 51.1 Å². The van der Waals surface area contributed by atoms with Crippen LogP contribution in [0.3, 0.4) is 0 Å². The van der Waals surface area contributed by atoms with Gasteiger partial charge in [0.05, 0.1) is 15.8 Å². The van der Waals surface area contributed by atoms with Gasteiger partial charge in [-0.1, -0.05) is 22.9 Å². The Morgan fingerprint density at radius 2 is 1.69 bits per heavy atom. The Hall–Kier alpha value is -3.24. The summed E-state index contributed by atoms with van der Waals surface area (Å²) in [5, 5.41) is 8.33. The van der Waals surface area contributed by atoms with Crippen molar-refractivity contribution in [1.29, 1.82) is 0 Å². The molecule has 3 heterocycles. The molecule has 1 fully saturated rings. The summed E-state index contributed by atoms with van der Waals surface area (Å²) >= 11 is 0. The molecule has 4 aromatic rings. The topological polar surface area (TPSA) is 104 Å². The quantitative estimate of drug-likeness (QED) is 0.467. The monoisotopic (exact) mass is 494 g/mol. The minimum atomic E-state index is -3.99. The summed E-state index contributed by atoms with van der Waals surface area (Å²) in [6.45, 7) is 13.9. The first-order valence-corrected chi connectivity index (χ1v) is 13.2. The molecule has 10 heteroatoms. The molecule has 0 amide bonds. The Bertz CT molecular complexity index is 1610. The van der Waals surface area contributed by atoms with E-state index in [1.807, 2.05) is 25.1 Å². The first kappa shape index (κ1) is 23.5. The van der Waals surface area contributed by atoms with Crippen molar-refractivity contribution in [3.05, 3.63) is 57.9 Å². The molecular weight excluding hydrogens is 464 g/mol. The Balaban J connectivity index is 1.59. The molecular formula is C25H30N6O3S. The molecule has 1 N–H and O–H groups in total. The number of hydrogen-bond acceptors (Lipinski definition) is 7. The van der Waals surface area contributed by atoms with Gasteiger partial charge < -0.3 is 9.88 Å². The minimum Gasteiger partial charge on any atom is -0.369 e. The predicted octanol–water partition coefficient (Wildman–Crippen LogP) is 2.94. The molecule has 2 aromatic heterocycles. The molecule has 0 spiro atoms. The molecule has 0 atom stereocenters. The number of nitrogens with zero attached hydrogens (tertiary/aromatic N) is 5. The van der Waals surface area contributed by atoms with E-state index < -0.39 is 9.84 Å². The molecule has 184 valence electrons. The number of rotatable bonds is 3. The molecule has 1 aliphatic rings. The maximum atomic E-state index is 13.5. The van der Waals surface area contributed by atoms with Crippen molar-refractivity contribution in [3.63, 3.8) is 0 Å². The Morgan fingerprint density at radius 3 is 2.34 bits per heavy atom. The zero-order valence-electron chi connectivity index (χ0n) is 20.7. The van der Waals surface area contributed by atoms with Crippen molar-refractivity contribution in [1.82, 2.24) is 24.7 Å². The van der Waals surface area contributed by atoms with E-state index in [1.165, 1.54) is 4.52 Å². The van der Waals surface area contributed by atoms with Crippen LogP contribution >= 0.6 is 0 Å². The average Bonchev–Trinajstić information content (AvgIpc) is 3.23. The number of aromatic amines is 1. The van der Waals surface area contributed by atoms with Crippen LogP contribution in [0.5, 0.6) is 0 Å². The second-order valence-corrected chi connectivity index (χ2v) is 12.1. The number of sulfone groups is 1. The van der Waals surface area contributed by atoms with E-state index in [4.69, 9.17) is 0 Å². The van der Waals surface area contributed by atoms with E-state index in [9.17, 15) is 13.2 Å². The number of anilines is 1. The van der Waals surface area contributed by atoms with E-state index in [-0.39, 0.29) is 26.7 Å². The van der Waals surface area contributed by atoms with Gasteiger partial charge in [0.25, 0.3) is 5.56 Å². The summed E-state index contributed by atoms with van der Waals surface area (Å²) in [4.78, 5) is 20.5. The van der Waals surface area contributed by atoms with Gasteiger partial charge in [0.1, 0.15) is 0 Å². The second-order valence-electron chi connectivity index (χ2n) is 10.2. The van der Waals surface area contributed by atoms with Crippen LogP contribution in [0.2, 0.25) is 0 Å². The first-order valence-electron chi connectivity index (χ1n) is 11.7. The lowest BCUT2D eigenvalue weighted by Crippen LogP contribution is -2.53. The van der Waals surface area contributed by atoms with Gasteiger partial charge >= 0.3 is 0 Å². The van der Waals surface area contributed by atoms with Crippen molar-refractivity contribution >= 4 is 32.1 Å². The Kier molecular flexibility index (Phi) is 5.48. The molecule has 1 saturated heterocycles.